The Hall–Kier alpha value is -1.56. The van der Waals surface area contributed by atoms with Gasteiger partial charge in [-0.25, -0.2) is 8.78 Å². The lowest BCUT2D eigenvalue weighted by molar-refractivity contribution is -0.115. The summed E-state index contributed by atoms with van der Waals surface area (Å²) in [4.78, 5) is 13.3. The largest absolute Gasteiger partial charge is 0.485 e. The molecule has 0 unspecified atom stereocenters. The monoisotopic (exact) mass is 299 g/mol. The first-order valence-corrected chi connectivity index (χ1v) is 7.02. The molecular weight excluding hydrogens is 284 g/mol. The van der Waals surface area contributed by atoms with Crippen LogP contribution in [0.1, 0.15) is 12.5 Å². The quantitative estimate of drug-likeness (QED) is 0.851. The molecule has 3 nitrogen and oxygen atoms in total. The number of anilines is 1. The summed E-state index contributed by atoms with van der Waals surface area (Å²) in [6.45, 7) is 5.72. The zero-order valence-electron chi connectivity index (χ0n) is 11.3. The summed E-state index contributed by atoms with van der Waals surface area (Å²) < 4.78 is 31.0. The Morgan fingerprint density at radius 1 is 1.50 bits per heavy atom. The van der Waals surface area contributed by atoms with Crippen molar-refractivity contribution in [2.45, 2.75) is 19.8 Å². The molecule has 1 aliphatic heterocycles. The van der Waals surface area contributed by atoms with E-state index in [1.54, 1.807) is 18.2 Å². The van der Waals surface area contributed by atoms with Crippen LogP contribution in [0.3, 0.4) is 0 Å². The lowest BCUT2D eigenvalue weighted by atomic mass is 10.2. The fourth-order valence-corrected chi connectivity index (χ4v) is 2.56. The van der Waals surface area contributed by atoms with Crippen LogP contribution in [0.4, 0.5) is 14.5 Å². The van der Waals surface area contributed by atoms with Crippen LogP contribution in [0.5, 0.6) is 5.75 Å². The third-order valence-electron chi connectivity index (χ3n) is 2.70. The molecule has 0 atom stereocenters. The van der Waals surface area contributed by atoms with Gasteiger partial charge in [0.05, 0.1) is 16.5 Å². The van der Waals surface area contributed by atoms with Gasteiger partial charge in [-0.05, 0) is 24.6 Å². The molecule has 1 aromatic carbocycles. The molecule has 1 fully saturated rings. The molecule has 1 aliphatic rings. The zero-order valence-corrected chi connectivity index (χ0v) is 12.1. The van der Waals surface area contributed by atoms with Gasteiger partial charge in [0.25, 0.3) is 5.92 Å². The van der Waals surface area contributed by atoms with Gasteiger partial charge >= 0.3 is 0 Å². The normalized spacial score (nSPS) is 15.9. The van der Waals surface area contributed by atoms with Crippen LogP contribution in [0.15, 0.2) is 29.8 Å². The summed E-state index contributed by atoms with van der Waals surface area (Å²) >= 11 is 1.32. The van der Waals surface area contributed by atoms with Crippen LogP contribution in [0.25, 0.3) is 0 Å². The number of carbonyl (C=O) groups is 1. The number of hydrogen-bond donors (Lipinski definition) is 0. The summed E-state index contributed by atoms with van der Waals surface area (Å²) in [6.07, 6.45) is 0. The van der Waals surface area contributed by atoms with Gasteiger partial charge in [0.15, 0.2) is 6.61 Å². The van der Waals surface area contributed by atoms with Crippen molar-refractivity contribution in [3.8, 4) is 5.75 Å². The molecule has 1 aromatic rings. The van der Waals surface area contributed by atoms with Gasteiger partial charge < -0.3 is 4.74 Å². The van der Waals surface area contributed by atoms with E-state index >= 15 is 0 Å². The standard InChI is InChI=1S/C14H15F2NO2S/c1-9-4-5-12(19-8-14(3,15)16)11(6-9)17-10(2)20-7-13(17)18/h4-6H,2,7-8H2,1,3H3. The maximum Gasteiger partial charge on any atom is 0.278 e. The van der Waals surface area contributed by atoms with Gasteiger partial charge in [0.2, 0.25) is 5.91 Å². The predicted molar refractivity (Wildman–Crippen MR) is 76.4 cm³/mol. The van der Waals surface area contributed by atoms with Crippen LogP contribution in [0.2, 0.25) is 0 Å². The maximum atomic E-state index is 12.9. The second-order valence-electron chi connectivity index (χ2n) is 4.74. The summed E-state index contributed by atoms with van der Waals surface area (Å²) in [5, 5.41) is 0.578. The highest BCUT2D eigenvalue weighted by molar-refractivity contribution is 8.04. The van der Waals surface area contributed by atoms with E-state index in [9.17, 15) is 13.6 Å². The molecule has 0 bridgehead atoms. The third kappa shape index (κ3) is 3.30. The molecule has 0 aromatic heterocycles. The molecule has 0 spiro atoms. The van der Waals surface area contributed by atoms with Crippen LogP contribution >= 0.6 is 11.8 Å². The maximum absolute atomic E-state index is 12.9. The number of halogens is 2. The Bertz CT molecular complexity index is 539. The van der Waals surface area contributed by atoms with Crippen molar-refractivity contribution in [1.82, 2.24) is 0 Å². The lowest BCUT2D eigenvalue weighted by Gasteiger charge is -2.21. The molecule has 0 N–H and O–H groups in total. The van der Waals surface area contributed by atoms with Crippen molar-refractivity contribution in [3.63, 3.8) is 0 Å². The number of hydrogen-bond acceptors (Lipinski definition) is 3. The molecule has 2 rings (SSSR count). The number of benzene rings is 1. The third-order valence-corrected chi connectivity index (χ3v) is 3.60. The highest BCUT2D eigenvalue weighted by Crippen LogP contribution is 2.39. The molecule has 1 amide bonds. The van der Waals surface area contributed by atoms with Crippen LogP contribution < -0.4 is 9.64 Å². The minimum atomic E-state index is -2.93. The Kier molecular flexibility index (Phi) is 4.04. The van der Waals surface area contributed by atoms with Gasteiger partial charge in [-0.15, -0.1) is 0 Å². The first-order valence-electron chi connectivity index (χ1n) is 6.04. The number of carbonyl (C=O) groups excluding carboxylic acids is 1. The predicted octanol–water partition coefficient (Wildman–Crippen LogP) is 3.58. The van der Waals surface area contributed by atoms with E-state index in [1.165, 1.54) is 16.7 Å². The first-order chi connectivity index (χ1) is 9.28. The molecular formula is C14H15F2NO2S. The average molecular weight is 299 g/mol. The minimum Gasteiger partial charge on any atom is -0.485 e. The molecule has 0 saturated carbocycles. The molecule has 0 aliphatic carbocycles. The van der Waals surface area contributed by atoms with Crippen LogP contribution in [-0.4, -0.2) is 24.2 Å². The van der Waals surface area contributed by atoms with Gasteiger partial charge in [0, 0.05) is 6.92 Å². The lowest BCUT2D eigenvalue weighted by Crippen LogP contribution is -2.26. The van der Waals surface area contributed by atoms with E-state index in [4.69, 9.17) is 4.74 Å². The molecule has 6 heteroatoms. The van der Waals surface area contributed by atoms with Crippen molar-refractivity contribution in [3.05, 3.63) is 35.4 Å². The Morgan fingerprint density at radius 3 is 2.75 bits per heavy atom. The van der Waals surface area contributed by atoms with Gasteiger partial charge in [0.1, 0.15) is 5.75 Å². The fourth-order valence-electron chi connectivity index (χ4n) is 1.81. The second-order valence-corrected chi connectivity index (χ2v) is 5.79. The number of nitrogens with zero attached hydrogens (tertiary/aromatic N) is 1. The Morgan fingerprint density at radius 2 is 2.20 bits per heavy atom. The Balaban J connectivity index is 2.33. The Labute approximate surface area is 120 Å². The molecule has 108 valence electrons. The van der Waals surface area contributed by atoms with Crippen LogP contribution in [0, 0.1) is 6.92 Å². The van der Waals surface area contributed by atoms with E-state index in [-0.39, 0.29) is 11.7 Å². The molecule has 1 heterocycles. The molecule has 0 radical (unpaired) electrons. The molecule has 20 heavy (non-hydrogen) atoms. The fraction of sp³-hybridized carbons (Fsp3) is 0.357. The van der Waals surface area contributed by atoms with E-state index in [1.807, 2.05) is 6.92 Å². The van der Waals surface area contributed by atoms with E-state index < -0.39 is 12.5 Å². The highest BCUT2D eigenvalue weighted by atomic mass is 32.2. The van der Waals surface area contributed by atoms with E-state index in [0.717, 1.165) is 12.5 Å². The van der Waals surface area contributed by atoms with Gasteiger partial charge in [-0.1, -0.05) is 24.4 Å². The zero-order chi connectivity index (χ0) is 14.9. The number of amides is 1. The summed E-state index contributed by atoms with van der Waals surface area (Å²) in [6, 6.07) is 5.08. The van der Waals surface area contributed by atoms with E-state index in [0.29, 0.717) is 16.5 Å². The highest BCUT2D eigenvalue weighted by Gasteiger charge is 2.30. The van der Waals surface area contributed by atoms with Gasteiger partial charge in [-0.3, -0.25) is 9.69 Å². The summed E-state index contributed by atoms with van der Waals surface area (Å²) in [7, 11) is 0. The average Bonchev–Trinajstić information content (AvgIpc) is 2.66. The van der Waals surface area contributed by atoms with E-state index in [2.05, 4.69) is 6.58 Å². The molecule has 1 saturated heterocycles. The first kappa shape index (κ1) is 14.8. The van der Waals surface area contributed by atoms with Gasteiger partial charge in [-0.2, -0.15) is 0 Å². The van der Waals surface area contributed by atoms with Crippen LogP contribution in [-0.2, 0) is 4.79 Å². The second kappa shape index (κ2) is 5.44. The number of aryl methyl sites for hydroxylation is 1. The summed E-state index contributed by atoms with van der Waals surface area (Å²) in [5.74, 6) is -2.49. The number of thioether (sulfide) groups is 1. The number of alkyl halides is 2. The summed E-state index contributed by atoms with van der Waals surface area (Å²) in [5.41, 5.74) is 1.38. The van der Waals surface area contributed by atoms with Crippen molar-refractivity contribution in [2.75, 3.05) is 17.3 Å². The van der Waals surface area contributed by atoms with Crippen molar-refractivity contribution in [1.29, 1.82) is 0 Å². The SMILES string of the molecule is C=C1SCC(=O)N1c1cc(C)ccc1OCC(C)(F)F. The number of rotatable bonds is 4. The van der Waals surface area contributed by atoms with Crippen molar-refractivity contribution in [2.24, 2.45) is 0 Å². The van der Waals surface area contributed by atoms with Crippen molar-refractivity contribution < 1.29 is 18.3 Å². The van der Waals surface area contributed by atoms with Crippen molar-refractivity contribution >= 4 is 23.4 Å². The number of ether oxygens (including phenoxy) is 1. The smallest absolute Gasteiger partial charge is 0.278 e. The minimum absolute atomic E-state index is 0.126. The topological polar surface area (TPSA) is 29.5 Å².